The third kappa shape index (κ3) is 4.31. The van der Waals surface area contributed by atoms with Gasteiger partial charge in [0.15, 0.2) is 0 Å². The van der Waals surface area contributed by atoms with Gasteiger partial charge in [-0.15, -0.1) is 0 Å². The zero-order valence-electron chi connectivity index (χ0n) is 9.64. The van der Waals surface area contributed by atoms with E-state index in [1.165, 1.54) is 45.2 Å². The summed E-state index contributed by atoms with van der Waals surface area (Å²) in [6, 6.07) is 0.816. The molecule has 1 fully saturated rings. The van der Waals surface area contributed by atoms with Gasteiger partial charge in [-0.25, -0.2) is 0 Å². The summed E-state index contributed by atoms with van der Waals surface area (Å²) >= 11 is 3.63. The molecular weight excluding hydrogens is 238 g/mol. The maximum absolute atomic E-state index is 3.63. The second kappa shape index (κ2) is 6.84. The van der Waals surface area contributed by atoms with Crippen molar-refractivity contribution >= 4 is 15.9 Å². The Balaban J connectivity index is 2.19. The fourth-order valence-corrected chi connectivity index (χ4v) is 2.96. The van der Waals surface area contributed by atoms with Crippen LogP contribution in [-0.2, 0) is 0 Å². The summed E-state index contributed by atoms with van der Waals surface area (Å²) in [5, 5.41) is 1.16. The predicted octanol–water partition coefficient (Wildman–Crippen LogP) is 3.67. The number of likely N-dealkylation sites (tertiary alicyclic amines) is 1. The van der Waals surface area contributed by atoms with Crippen molar-refractivity contribution in [2.24, 2.45) is 5.92 Å². The fourth-order valence-electron chi connectivity index (χ4n) is 2.23. The molecule has 0 bridgehead atoms. The van der Waals surface area contributed by atoms with Gasteiger partial charge in [0.25, 0.3) is 0 Å². The smallest absolute Gasteiger partial charge is 0.0192 e. The van der Waals surface area contributed by atoms with Crippen LogP contribution in [-0.4, -0.2) is 29.4 Å². The van der Waals surface area contributed by atoms with Gasteiger partial charge in [-0.1, -0.05) is 36.2 Å². The maximum atomic E-state index is 3.63. The Morgan fingerprint density at radius 2 is 2.14 bits per heavy atom. The van der Waals surface area contributed by atoms with Crippen molar-refractivity contribution < 1.29 is 0 Å². The van der Waals surface area contributed by atoms with Gasteiger partial charge >= 0.3 is 0 Å². The number of halogens is 1. The van der Waals surface area contributed by atoms with E-state index in [-0.39, 0.29) is 0 Å². The third-order valence-electron chi connectivity index (χ3n) is 3.15. The van der Waals surface area contributed by atoms with Gasteiger partial charge in [0.1, 0.15) is 0 Å². The minimum atomic E-state index is 0.816. The molecule has 1 aliphatic rings. The van der Waals surface area contributed by atoms with Crippen LogP contribution in [0.4, 0.5) is 0 Å². The van der Waals surface area contributed by atoms with Gasteiger partial charge in [0.2, 0.25) is 0 Å². The molecule has 0 radical (unpaired) electrons. The minimum Gasteiger partial charge on any atom is -0.300 e. The first-order valence-corrected chi connectivity index (χ1v) is 7.16. The highest BCUT2D eigenvalue weighted by Crippen LogP contribution is 2.19. The topological polar surface area (TPSA) is 3.24 Å². The molecule has 0 aromatic rings. The van der Waals surface area contributed by atoms with E-state index in [0.29, 0.717) is 0 Å². The lowest BCUT2D eigenvalue weighted by molar-refractivity contribution is 0.160. The monoisotopic (exact) mass is 261 g/mol. The molecule has 1 unspecified atom stereocenters. The van der Waals surface area contributed by atoms with Crippen LogP contribution in [0.2, 0.25) is 0 Å². The highest BCUT2D eigenvalue weighted by Gasteiger charge is 2.20. The molecule has 1 heterocycles. The average molecular weight is 262 g/mol. The van der Waals surface area contributed by atoms with Gasteiger partial charge in [0, 0.05) is 11.4 Å². The molecule has 1 nitrogen and oxygen atoms in total. The molecule has 0 spiro atoms. The largest absolute Gasteiger partial charge is 0.300 e. The summed E-state index contributed by atoms with van der Waals surface area (Å²) in [7, 11) is 0. The molecule has 0 aromatic carbocycles. The Morgan fingerprint density at radius 1 is 1.36 bits per heavy atom. The lowest BCUT2D eigenvalue weighted by atomic mass is 10.0. The third-order valence-corrected chi connectivity index (χ3v) is 3.90. The molecule has 1 rings (SSSR count). The molecule has 2 heteroatoms. The number of hydrogen-bond acceptors (Lipinski definition) is 1. The maximum Gasteiger partial charge on any atom is 0.0192 e. The quantitative estimate of drug-likeness (QED) is 0.683. The van der Waals surface area contributed by atoms with Crippen molar-refractivity contribution in [2.75, 3.05) is 18.4 Å². The van der Waals surface area contributed by atoms with E-state index in [1.54, 1.807) is 0 Å². The average Bonchev–Trinajstić information content (AvgIpc) is 2.18. The zero-order chi connectivity index (χ0) is 10.4. The van der Waals surface area contributed by atoms with Crippen LogP contribution in [0.25, 0.3) is 0 Å². The molecule has 1 saturated heterocycles. The van der Waals surface area contributed by atoms with Crippen LogP contribution in [0, 0.1) is 5.92 Å². The van der Waals surface area contributed by atoms with Crippen molar-refractivity contribution in [3.63, 3.8) is 0 Å². The van der Waals surface area contributed by atoms with Crippen molar-refractivity contribution in [1.29, 1.82) is 0 Å². The van der Waals surface area contributed by atoms with Crippen molar-refractivity contribution in [3.05, 3.63) is 0 Å². The van der Waals surface area contributed by atoms with Crippen molar-refractivity contribution in [2.45, 2.75) is 52.0 Å². The number of rotatable bonds is 5. The Morgan fingerprint density at radius 3 is 2.79 bits per heavy atom. The van der Waals surface area contributed by atoms with Gasteiger partial charge in [0.05, 0.1) is 0 Å². The Hall–Kier alpha value is 0.440. The van der Waals surface area contributed by atoms with Crippen LogP contribution in [0.3, 0.4) is 0 Å². The molecule has 14 heavy (non-hydrogen) atoms. The molecule has 0 saturated carbocycles. The number of piperidine rings is 1. The van der Waals surface area contributed by atoms with E-state index in [9.17, 15) is 0 Å². The normalized spacial score (nSPS) is 24.4. The van der Waals surface area contributed by atoms with Gasteiger partial charge in [-0.2, -0.15) is 0 Å². The van der Waals surface area contributed by atoms with Crippen molar-refractivity contribution in [1.82, 2.24) is 4.90 Å². The Labute approximate surface area is 97.4 Å². The zero-order valence-corrected chi connectivity index (χ0v) is 11.2. The highest BCUT2D eigenvalue weighted by atomic mass is 79.9. The molecule has 1 aliphatic heterocycles. The summed E-state index contributed by atoms with van der Waals surface area (Å²) in [4.78, 5) is 2.68. The molecule has 0 N–H and O–H groups in total. The van der Waals surface area contributed by atoms with Gasteiger partial charge in [-0.05, 0) is 44.7 Å². The van der Waals surface area contributed by atoms with Crippen LogP contribution >= 0.6 is 15.9 Å². The van der Waals surface area contributed by atoms with E-state index in [0.717, 1.165) is 17.3 Å². The lowest BCUT2D eigenvalue weighted by Gasteiger charge is -2.34. The molecular formula is C12H24BrN. The lowest BCUT2D eigenvalue weighted by Crippen LogP contribution is -2.41. The van der Waals surface area contributed by atoms with E-state index in [1.807, 2.05) is 0 Å². The summed E-state index contributed by atoms with van der Waals surface area (Å²) in [6.45, 7) is 7.28. The summed E-state index contributed by atoms with van der Waals surface area (Å²) in [5.41, 5.74) is 0. The molecule has 1 atom stereocenters. The van der Waals surface area contributed by atoms with Gasteiger partial charge < -0.3 is 0 Å². The van der Waals surface area contributed by atoms with E-state index < -0.39 is 0 Å². The summed E-state index contributed by atoms with van der Waals surface area (Å²) in [5.74, 6) is 0.863. The Kier molecular flexibility index (Phi) is 6.11. The molecule has 0 aromatic heterocycles. The molecule has 84 valence electrons. The van der Waals surface area contributed by atoms with Crippen LogP contribution in [0.1, 0.15) is 46.0 Å². The summed E-state index contributed by atoms with van der Waals surface area (Å²) in [6.07, 6.45) is 6.99. The first kappa shape index (κ1) is 12.5. The number of alkyl halides is 1. The van der Waals surface area contributed by atoms with E-state index in [2.05, 4.69) is 34.7 Å². The van der Waals surface area contributed by atoms with Crippen molar-refractivity contribution in [3.8, 4) is 0 Å². The highest BCUT2D eigenvalue weighted by molar-refractivity contribution is 9.09. The SMILES string of the molecule is CC(C)CCCN1CCCCC1CBr. The fraction of sp³-hybridized carbons (Fsp3) is 1.00. The van der Waals surface area contributed by atoms with E-state index >= 15 is 0 Å². The van der Waals surface area contributed by atoms with Crippen LogP contribution in [0.5, 0.6) is 0 Å². The van der Waals surface area contributed by atoms with Crippen LogP contribution < -0.4 is 0 Å². The Bertz CT molecular complexity index is 147. The number of hydrogen-bond donors (Lipinski definition) is 0. The molecule has 0 aliphatic carbocycles. The van der Waals surface area contributed by atoms with E-state index in [4.69, 9.17) is 0 Å². The molecule has 0 amide bonds. The second-order valence-corrected chi connectivity index (χ2v) is 5.52. The standard InChI is InChI=1S/C12H24BrN/c1-11(2)6-5-9-14-8-4-3-7-12(14)10-13/h11-12H,3-10H2,1-2H3. The second-order valence-electron chi connectivity index (χ2n) is 4.88. The summed E-state index contributed by atoms with van der Waals surface area (Å²) < 4.78 is 0. The first-order chi connectivity index (χ1) is 6.74. The minimum absolute atomic E-state index is 0.816. The first-order valence-electron chi connectivity index (χ1n) is 6.04. The number of nitrogens with zero attached hydrogens (tertiary/aromatic N) is 1. The predicted molar refractivity (Wildman–Crippen MR) is 67.1 cm³/mol. The van der Waals surface area contributed by atoms with Gasteiger partial charge in [-0.3, -0.25) is 4.90 Å². The van der Waals surface area contributed by atoms with Crippen LogP contribution in [0.15, 0.2) is 0 Å².